The molecule has 0 bridgehead atoms. The van der Waals surface area contributed by atoms with Gasteiger partial charge in [-0.05, 0) is 24.3 Å². The van der Waals surface area contributed by atoms with Crippen LogP contribution in [0.3, 0.4) is 0 Å². The molecule has 29 heavy (non-hydrogen) atoms. The summed E-state index contributed by atoms with van der Waals surface area (Å²) in [5.41, 5.74) is 2.23. The van der Waals surface area contributed by atoms with E-state index in [1.807, 2.05) is 36.4 Å². The molecule has 0 aliphatic rings. The van der Waals surface area contributed by atoms with E-state index < -0.39 is 0 Å². The van der Waals surface area contributed by atoms with Crippen molar-refractivity contribution >= 4 is 11.7 Å². The minimum absolute atomic E-state index is 0.322. The molecule has 4 rings (SSSR count). The summed E-state index contributed by atoms with van der Waals surface area (Å²) in [5.74, 6) is 3.03. The zero-order valence-electron chi connectivity index (χ0n) is 16.1. The van der Waals surface area contributed by atoms with Gasteiger partial charge in [0.1, 0.15) is 22.8 Å². The molecule has 1 N–H and O–H groups in total. The van der Waals surface area contributed by atoms with Crippen molar-refractivity contribution in [2.75, 3.05) is 26.6 Å². The highest BCUT2D eigenvalue weighted by Gasteiger charge is 2.17. The zero-order valence-corrected chi connectivity index (χ0v) is 16.1. The van der Waals surface area contributed by atoms with Crippen LogP contribution in [0.25, 0.3) is 22.6 Å². The number of aromatic nitrogens is 2. The molecule has 0 atom stereocenters. The Morgan fingerprint density at radius 2 is 1.62 bits per heavy atom. The first-order valence-electron chi connectivity index (χ1n) is 8.74. The van der Waals surface area contributed by atoms with Gasteiger partial charge in [-0.3, -0.25) is 0 Å². The van der Waals surface area contributed by atoms with Crippen LogP contribution in [0.5, 0.6) is 17.2 Å². The first-order chi connectivity index (χ1) is 14.2. The van der Waals surface area contributed by atoms with Crippen LogP contribution in [0.2, 0.25) is 0 Å². The minimum atomic E-state index is 0.322. The summed E-state index contributed by atoms with van der Waals surface area (Å²) in [7, 11) is 4.78. The van der Waals surface area contributed by atoms with Crippen molar-refractivity contribution in [1.29, 1.82) is 0 Å². The molecular weight excluding hydrogens is 374 g/mol. The van der Waals surface area contributed by atoms with Crippen LogP contribution in [0.15, 0.2) is 64.0 Å². The van der Waals surface area contributed by atoms with E-state index in [4.69, 9.17) is 23.0 Å². The number of benzene rings is 2. The van der Waals surface area contributed by atoms with Crippen molar-refractivity contribution in [1.82, 2.24) is 9.97 Å². The Bertz CT molecular complexity index is 1080. The molecule has 2 aromatic carbocycles. The number of nitrogens with zero attached hydrogens (tertiary/aromatic N) is 2. The Morgan fingerprint density at radius 3 is 2.28 bits per heavy atom. The van der Waals surface area contributed by atoms with Crippen molar-refractivity contribution in [2.24, 2.45) is 0 Å². The standard InChI is InChI=1S/C21H19N3O5/c1-25-15-5-4-6-16(26-2)20(15)19-11-23-21(29-19)24-13-7-8-14(17(9-13)27-3)18-10-22-12-28-18/h4-12H,1-3H3,(H,23,24). The minimum Gasteiger partial charge on any atom is -0.496 e. The van der Waals surface area contributed by atoms with Crippen molar-refractivity contribution < 1.29 is 23.0 Å². The smallest absolute Gasteiger partial charge is 0.299 e. The van der Waals surface area contributed by atoms with E-state index in [1.54, 1.807) is 33.7 Å². The number of hydrogen-bond donors (Lipinski definition) is 1. The number of ether oxygens (including phenoxy) is 3. The molecule has 0 saturated heterocycles. The van der Waals surface area contributed by atoms with Gasteiger partial charge in [0.05, 0.1) is 39.3 Å². The largest absolute Gasteiger partial charge is 0.496 e. The lowest BCUT2D eigenvalue weighted by Gasteiger charge is -2.10. The van der Waals surface area contributed by atoms with Crippen LogP contribution in [0, 0.1) is 0 Å². The van der Waals surface area contributed by atoms with Gasteiger partial charge in [-0.25, -0.2) is 9.97 Å². The lowest BCUT2D eigenvalue weighted by molar-refractivity contribution is 0.395. The van der Waals surface area contributed by atoms with Crippen LogP contribution in [0.1, 0.15) is 0 Å². The summed E-state index contributed by atoms with van der Waals surface area (Å²) in [6.45, 7) is 0. The average Bonchev–Trinajstić information content (AvgIpc) is 3.45. The van der Waals surface area contributed by atoms with Crippen molar-refractivity contribution in [3.8, 4) is 39.9 Å². The fourth-order valence-corrected chi connectivity index (χ4v) is 2.99. The van der Waals surface area contributed by atoms with Gasteiger partial charge in [-0.15, -0.1) is 0 Å². The molecule has 2 heterocycles. The Kier molecular flexibility index (Phi) is 5.07. The van der Waals surface area contributed by atoms with Crippen LogP contribution < -0.4 is 19.5 Å². The second-order valence-electron chi connectivity index (χ2n) is 5.97. The lowest BCUT2D eigenvalue weighted by Crippen LogP contribution is -1.93. The Balaban J connectivity index is 1.62. The lowest BCUT2D eigenvalue weighted by atomic mass is 10.1. The highest BCUT2D eigenvalue weighted by atomic mass is 16.5. The zero-order chi connectivity index (χ0) is 20.2. The fourth-order valence-electron chi connectivity index (χ4n) is 2.99. The topological polar surface area (TPSA) is 91.8 Å². The molecule has 8 nitrogen and oxygen atoms in total. The third kappa shape index (κ3) is 3.60. The summed E-state index contributed by atoms with van der Waals surface area (Å²) in [6, 6.07) is 11.4. The average molecular weight is 393 g/mol. The second kappa shape index (κ2) is 7.97. The molecule has 148 valence electrons. The highest BCUT2D eigenvalue weighted by molar-refractivity contribution is 5.74. The van der Waals surface area contributed by atoms with Gasteiger partial charge in [0.15, 0.2) is 17.9 Å². The van der Waals surface area contributed by atoms with Gasteiger partial charge in [0.2, 0.25) is 0 Å². The van der Waals surface area contributed by atoms with Crippen molar-refractivity contribution in [3.05, 3.63) is 55.2 Å². The summed E-state index contributed by atoms with van der Waals surface area (Å²) < 4.78 is 27.6. The third-order valence-corrected chi connectivity index (χ3v) is 4.33. The van der Waals surface area contributed by atoms with E-state index in [0.29, 0.717) is 40.3 Å². The molecule has 0 amide bonds. The quantitative estimate of drug-likeness (QED) is 0.480. The van der Waals surface area contributed by atoms with Gasteiger partial charge >= 0.3 is 0 Å². The monoisotopic (exact) mass is 393 g/mol. The molecule has 4 aromatic rings. The summed E-state index contributed by atoms with van der Waals surface area (Å²) in [4.78, 5) is 8.25. The summed E-state index contributed by atoms with van der Waals surface area (Å²) >= 11 is 0. The molecule has 0 aliphatic carbocycles. The molecule has 0 spiro atoms. The molecule has 0 unspecified atom stereocenters. The number of oxazole rings is 2. The predicted molar refractivity (Wildman–Crippen MR) is 107 cm³/mol. The molecule has 0 radical (unpaired) electrons. The van der Waals surface area contributed by atoms with Gasteiger partial charge in [0, 0.05) is 11.8 Å². The van der Waals surface area contributed by atoms with Gasteiger partial charge in [0.25, 0.3) is 6.01 Å². The number of rotatable bonds is 7. The maximum atomic E-state index is 5.88. The number of hydrogen-bond acceptors (Lipinski definition) is 8. The molecule has 0 saturated carbocycles. The van der Waals surface area contributed by atoms with E-state index in [0.717, 1.165) is 11.3 Å². The predicted octanol–water partition coefficient (Wildman–Crippen LogP) is 4.77. The molecule has 0 fully saturated rings. The normalized spacial score (nSPS) is 10.6. The van der Waals surface area contributed by atoms with Crippen LogP contribution in [0.4, 0.5) is 11.7 Å². The molecule has 2 aromatic heterocycles. The van der Waals surface area contributed by atoms with E-state index in [2.05, 4.69) is 15.3 Å². The van der Waals surface area contributed by atoms with E-state index in [1.165, 1.54) is 6.39 Å². The highest BCUT2D eigenvalue weighted by Crippen LogP contribution is 2.39. The number of anilines is 2. The third-order valence-electron chi connectivity index (χ3n) is 4.33. The Hall–Kier alpha value is -3.94. The molecule has 8 heteroatoms. The van der Waals surface area contributed by atoms with Crippen molar-refractivity contribution in [3.63, 3.8) is 0 Å². The number of methoxy groups -OCH3 is 3. The van der Waals surface area contributed by atoms with Gasteiger partial charge in [-0.1, -0.05) is 6.07 Å². The Morgan fingerprint density at radius 1 is 0.862 bits per heavy atom. The summed E-state index contributed by atoms with van der Waals surface area (Å²) in [6.07, 6.45) is 4.62. The van der Waals surface area contributed by atoms with Gasteiger partial charge < -0.3 is 28.4 Å². The second-order valence-corrected chi connectivity index (χ2v) is 5.97. The summed E-state index contributed by atoms with van der Waals surface area (Å²) in [5, 5.41) is 3.13. The Labute approximate surface area is 167 Å². The maximum absolute atomic E-state index is 5.88. The van der Waals surface area contributed by atoms with E-state index >= 15 is 0 Å². The molecule has 0 aliphatic heterocycles. The number of nitrogens with one attached hydrogen (secondary N) is 1. The fraction of sp³-hybridized carbons (Fsp3) is 0.143. The van der Waals surface area contributed by atoms with E-state index in [-0.39, 0.29) is 0 Å². The van der Waals surface area contributed by atoms with Crippen LogP contribution in [-0.2, 0) is 0 Å². The SMILES string of the molecule is COc1cc(Nc2ncc(-c3c(OC)cccc3OC)o2)ccc1-c1cnco1. The van der Waals surface area contributed by atoms with Gasteiger partial charge in [-0.2, -0.15) is 0 Å². The molecular formula is C21H19N3O5. The first-order valence-corrected chi connectivity index (χ1v) is 8.74. The van der Waals surface area contributed by atoms with E-state index in [9.17, 15) is 0 Å². The first kappa shape index (κ1) is 18.4. The van der Waals surface area contributed by atoms with Crippen LogP contribution in [-0.4, -0.2) is 31.3 Å². The van der Waals surface area contributed by atoms with Crippen LogP contribution >= 0.6 is 0 Å². The maximum Gasteiger partial charge on any atom is 0.299 e. The van der Waals surface area contributed by atoms with Crippen molar-refractivity contribution in [2.45, 2.75) is 0 Å².